The topological polar surface area (TPSA) is 201 Å². The zero-order chi connectivity index (χ0) is 54.4. The molecule has 15 nitrogen and oxygen atoms in total. The first-order chi connectivity index (χ1) is 35.4. The molecule has 5 amide bonds. The quantitative estimate of drug-likeness (QED) is 0.107. The van der Waals surface area contributed by atoms with E-state index >= 15 is 0 Å². The number of nitriles is 2. The highest BCUT2D eigenvalue weighted by molar-refractivity contribution is 6.11. The number of benzene rings is 4. The Balaban J connectivity index is 0.000000199. The number of alkyl halides is 6. The summed E-state index contributed by atoms with van der Waals surface area (Å²) in [5.41, 5.74) is -3.44. The highest BCUT2D eigenvalue weighted by atomic mass is 19.4. The van der Waals surface area contributed by atoms with Crippen LogP contribution in [0.25, 0.3) is 0 Å². The summed E-state index contributed by atoms with van der Waals surface area (Å²) in [6, 6.07) is 18.5. The van der Waals surface area contributed by atoms with Gasteiger partial charge in [-0.15, -0.1) is 0 Å². The number of halogens is 8. The van der Waals surface area contributed by atoms with Crippen LogP contribution in [-0.4, -0.2) is 80.8 Å². The largest absolute Gasteiger partial charge is 0.448 e. The third-order valence-corrected chi connectivity index (χ3v) is 13.8. The third kappa shape index (κ3) is 10.3. The Morgan fingerprint density at radius 3 is 1.52 bits per heavy atom. The number of oxazole rings is 1. The van der Waals surface area contributed by atoms with E-state index in [4.69, 9.17) is 14.9 Å². The van der Waals surface area contributed by atoms with E-state index in [0.29, 0.717) is 29.0 Å². The summed E-state index contributed by atoms with van der Waals surface area (Å²) in [5.74, 6) is -5.01. The standard InChI is InChI=1S/C26H22F4N4O4.C26H20F4N4O3/c1-15(14-35)32-23(37)18-9-25(10-18)24(38)33(21-7-4-17(11-31)8-20(21)27)13-22(36)34(25)12-16-2-5-19(6-3-16)26(28,29)30;1-15-14-37-23(32-15)18-9-25(10-18)24(36)33(21-7-4-17(11-31)8-20(21)27)13-22(35)34(25)12-16-2-5-19(6-3-16)26(28,29)30/h2-8,14-15,18H,9-10,12-13H2,1H3,(H,32,37);2-8,14,18H,9-10,12-13H2,1H3. The second kappa shape index (κ2) is 20.1. The number of carbonyl (C=O) groups excluding carboxylic acids is 6. The molecule has 2 spiro atoms. The Labute approximate surface area is 421 Å². The van der Waals surface area contributed by atoms with Crippen LogP contribution >= 0.6 is 0 Å². The predicted molar refractivity (Wildman–Crippen MR) is 246 cm³/mol. The summed E-state index contributed by atoms with van der Waals surface area (Å²) < 4.78 is 113. The predicted octanol–water partition coefficient (Wildman–Crippen LogP) is 7.65. The first kappa shape index (κ1) is 52.8. The van der Waals surface area contributed by atoms with Gasteiger partial charge in [0.2, 0.25) is 17.7 Å². The van der Waals surface area contributed by atoms with Gasteiger partial charge in [0.25, 0.3) is 11.8 Å². The summed E-state index contributed by atoms with van der Waals surface area (Å²) in [6.45, 7) is 1.94. The maximum Gasteiger partial charge on any atom is 0.416 e. The molecular formula is C52H42F8N8O7. The molecule has 0 radical (unpaired) electrons. The number of amides is 5. The number of anilines is 2. The highest BCUT2D eigenvalue weighted by Crippen LogP contribution is 2.52. The lowest BCUT2D eigenvalue weighted by Gasteiger charge is -2.56. The maximum absolute atomic E-state index is 14.8. The van der Waals surface area contributed by atoms with Crippen LogP contribution in [-0.2, 0) is 54.2 Å². The van der Waals surface area contributed by atoms with Gasteiger partial charge >= 0.3 is 12.4 Å². The molecule has 9 rings (SSSR count). The second-order valence-corrected chi connectivity index (χ2v) is 18.7. The van der Waals surface area contributed by atoms with Crippen LogP contribution in [0, 0.1) is 47.1 Å². The maximum atomic E-state index is 14.8. The molecule has 4 aliphatic rings. The normalized spacial score (nSPS) is 21.9. The molecule has 2 aliphatic heterocycles. The minimum absolute atomic E-state index is 0.0188. The molecule has 1 N–H and O–H groups in total. The fourth-order valence-electron chi connectivity index (χ4n) is 9.81. The minimum atomic E-state index is -4.55. The third-order valence-electron chi connectivity index (χ3n) is 13.8. The van der Waals surface area contributed by atoms with Gasteiger partial charge in [0.05, 0.1) is 57.5 Å². The average Bonchev–Trinajstić information content (AvgIpc) is 3.78. The number of rotatable bonds is 10. The summed E-state index contributed by atoms with van der Waals surface area (Å²) in [5, 5.41) is 20.5. The van der Waals surface area contributed by atoms with Crippen molar-refractivity contribution < 1.29 is 68.3 Å². The van der Waals surface area contributed by atoms with Gasteiger partial charge in [0.1, 0.15) is 48.4 Å². The van der Waals surface area contributed by atoms with E-state index in [1.165, 1.54) is 71.5 Å². The van der Waals surface area contributed by atoms with Crippen molar-refractivity contribution in [3.63, 3.8) is 0 Å². The number of carbonyl (C=O) groups is 6. The first-order valence-corrected chi connectivity index (χ1v) is 23.1. The van der Waals surface area contributed by atoms with Crippen LogP contribution in [0.2, 0.25) is 0 Å². The van der Waals surface area contributed by atoms with Crippen molar-refractivity contribution >= 4 is 47.2 Å². The summed E-state index contributed by atoms with van der Waals surface area (Å²) in [7, 11) is 0. The van der Waals surface area contributed by atoms with Crippen molar-refractivity contribution in [1.82, 2.24) is 20.1 Å². The Kier molecular flexibility index (Phi) is 14.2. The van der Waals surface area contributed by atoms with Crippen LogP contribution in [0.4, 0.5) is 46.5 Å². The van der Waals surface area contributed by atoms with Gasteiger partial charge in [-0.05, 0) is 111 Å². The van der Waals surface area contributed by atoms with Gasteiger partial charge in [0, 0.05) is 24.9 Å². The zero-order valence-electron chi connectivity index (χ0n) is 39.6. The van der Waals surface area contributed by atoms with Crippen molar-refractivity contribution in [3.8, 4) is 12.1 Å². The molecule has 0 bridgehead atoms. The minimum Gasteiger partial charge on any atom is -0.448 e. The summed E-state index contributed by atoms with van der Waals surface area (Å²) in [6.07, 6.45) is -6.96. The number of aldehydes is 1. The molecule has 2 saturated heterocycles. The molecule has 3 heterocycles. The van der Waals surface area contributed by atoms with E-state index in [1.54, 1.807) is 13.0 Å². The molecule has 2 aliphatic carbocycles. The van der Waals surface area contributed by atoms with Crippen molar-refractivity contribution in [1.29, 1.82) is 10.5 Å². The molecule has 5 aromatic rings. The number of piperazine rings is 2. The van der Waals surface area contributed by atoms with Crippen LogP contribution in [0.15, 0.2) is 95.6 Å². The van der Waals surface area contributed by atoms with Crippen molar-refractivity contribution in [2.45, 2.75) is 88.0 Å². The monoisotopic (exact) mass is 1040 g/mol. The molecule has 75 heavy (non-hydrogen) atoms. The van der Waals surface area contributed by atoms with E-state index in [-0.39, 0.29) is 67.2 Å². The first-order valence-electron chi connectivity index (χ1n) is 23.1. The molecule has 4 fully saturated rings. The Morgan fingerprint density at radius 2 is 1.16 bits per heavy atom. The van der Waals surface area contributed by atoms with Gasteiger partial charge in [-0.25, -0.2) is 13.8 Å². The number of aryl methyl sites for hydroxylation is 1. The molecule has 1 unspecified atom stereocenters. The van der Waals surface area contributed by atoms with Crippen molar-refractivity contribution in [3.05, 3.63) is 148 Å². The number of hydrogen-bond acceptors (Lipinski definition) is 10. The van der Waals surface area contributed by atoms with E-state index in [2.05, 4.69) is 10.3 Å². The fourth-order valence-corrected chi connectivity index (χ4v) is 9.81. The van der Waals surface area contributed by atoms with E-state index in [0.717, 1.165) is 46.2 Å². The zero-order valence-corrected chi connectivity index (χ0v) is 39.6. The molecule has 1 atom stereocenters. The number of nitrogens with one attached hydrogen (secondary N) is 1. The van der Waals surface area contributed by atoms with E-state index in [9.17, 15) is 63.9 Å². The number of aromatic nitrogens is 1. The Bertz CT molecular complexity index is 3170. The van der Waals surface area contributed by atoms with Gasteiger partial charge in [-0.3, -0.25) is 33.8 Å². The smallest absolute Gasteiger partial charge is 0.416 e. The number of hydrogen-bond donors (Lipinski definition) is 1. The van der Waals surface area contributed by atoms with Gasteiger partial charge in [-0.1, -0.05) is 24.3 Å². The lowest BCUT2D eigenvalue weighted by atomic mass is 9.64. The summed E-state index contributed by atoms with van der Waals surface area (Å²) in [4.78, 5) is 86.8. The molecule has 23 heteroatoms. The lowest BCUT2D eigenvalue weighted by molar-refractivity contribution is -0.165. The molecule has 1 aromatic heterocycles. The average molecular weight is 1040 g/mol. The van der Waals surface area contributed by atoms with Gasteiger partial charge < -0.3 is 24.3 Å². The number of nitrogens with zero attached hydrogens (tertiary/aromatic N) is 7. The Hall–Kier alpha value is -8.47. The van der Waals surface area contributed by atoms with Gasteiger partial charge in [0.15, 0.2) is 5.89 Å². The molecule has 2 saturated carbocycles. The van der Waals surface area contributed by atoms with Crippen molar-refractivity contribution in [2.24, 2.45) is 5.92 Å². The summed E-state index contributed by atoms with van der Waals surface area (Å²) >= 11 is 0. The Morgan fingerprint density at radius 1 is 0.733 bits per heavy atom. The fraction of sp³-hybridized carbons (Fsp3) is 0.327. The van der Waals surface area contributed by atoms with Crippen LogP contribution in [0.1, 0.15) is 83.5 Å². The van der Waals surface area contributed by atoms with Crippen molar-refractivity contribution in [2.75, 3.05) is 22.9 Å². The van der Waals surface area contributed by atoms with Gasteiger partial charge in [-0.2, -0.15) is 36.9 Å². The van der Waals surface area contributed by atoms with Crippen LogP contribution in [0.5, 0.6) is 0 Å². The highest BCUT2D eigenvalue weighted by Gasteiger charge is 2.63. The van der Waals surface area contributed by atoms with E-state index in [1.807, 2.05) is 6.07 Å². The SMILES string of the molecule is CC(C=O)NC(=O)C1CC2(C1)C(=O)N(c1ccc(C#N)cc1F)CC(=O)N2Cc1ccc(C(F)(F)F)cc1.Cc1coc(C2CC3(C2)C(=O)N(c2ccc(C#N)cc2F)CC(=O)N3Cc2ccc(C(F)(F)F)cc2)n1. The van der Waals surface area contributed by atoms with E-state index < -0.39 is 101 Å². The lowest BCUT2D eigenvalue weighted by Crippen LogP contribution is -2.74. The molecule has 4 aromatic carbocycles. The van der Waals surface area contributed by atoms with Crippen LogP contribution < -0.4 is 15.1 Å². The molecular weight excluding hydrogens is 1000 g/mol. The molecule has 388 valence electrons. The second-order valence-electron chi connectivity index (χ2n) is 18.7. The van der Waals surface area contributed by atoms with Crippen LogP contribution in [0.3, 0.4) is 0 Å².